The van der Waals surface area contributed by atoms with Crippen LogP contribution in [0, 0.1) is 6.92 Å². The summed E-state index contributed by atoms with van der Waals surface area (Å²) in [6.07, 6.45) is 0.492. The molecule has 0 radical (unpaired) electrons. The number of benzene rings is 2. The Bertz CT molecular complexity index is 829. The molecular weight excluding hydrogens is 306 g/mol. The highest BCUT2D eigenvalue weighted by atomic mass is 32.2. The minimum absolute atomic E-state index is 0.171. The molecule has 116 valence electrons. The van der Waals surface area contributed by atoms with Crippen molar-refractivity contribution < 1.29 is 0 Å². The lowest BCUT2D eigenvalue weighted by Gasteiger charge is -2.03. The fraction of sp³-hybridized carbons (Fsp3) is 0.167. The Morgan fingerprint density at radius 2 is 1.70 bits per heavy atom. The van der Waals surface area contributed by atoms with Crippen LogP contribution in [0.3, 0.4) is 0 Å². The zero-order valence-electron chi connectivity index (χ0n) is 12.8. The van der Waals surface area contributed by atoms with E-state index in [2.05, 4.69) is 46.4 Å². The molecule has 0 aliphatic carbocycles. The molecule has 1 aromatic heterocycles. The SMILES string of the molecule is Cc1ccc(CSc2nnc(Cc3ccccc3)c(=O)[nH]2)cc1. The first-order valence-corrected chi connectivity index (χ1v) is 8.37. The quantitative estimate of drug-likeness (QED) is 0.732. The summed E-state index contributed by atoms with van der Waals surface area (Å²) in [7, 11) is 0. The second kappa shape index (κ2) is 7.24. The number of aromatic amines is 1. The molecule has 0 bridgehead atoms. The normalized spacial score (nSPS) is 10.7. The number of H-pyrrole nitrogens is 1. The molecule has 0 fully saturated rings. The summed E-state index contributed by atoms with van der Waals surface area (Å²) in [5.41, 5.74) is 3.74. The van der Waals surface area contributed by atoms with E-state index in [-0.39, 0.29) is 5.56 Å². The minimum Gasteiger partial charge on any atom is -0.298 e. The maximum atomic E-state index is 12.1. The first-order chi connectivity index (χ1) is 11.2. The van der Waals surface area contributed by atoms with E-state index < -0.39 is 0 Å². The van der Waals surface area contributed by atoms with Crippen LogP contribution in [0.15, 0.2) is 64.5 Å². The summed E-state index contributed by atoms with van der Waals surface area (Å²) in [5, 5.41) is 8.76. The van der Waals surface area contributed by atoms with Gasteiger partial charge in [-0.2, -0.15) is 0 Å². The Hall–Kier alpha value is -2.40. The van der Waals surface area contributed by atoms with E-state index in [1.165, 1.54) is 22.9 Å². The molecule has 23 heavy (non-hydrogen) atoms. The van der Waals surface area contributed by atoms with Crippen molar-refractivity contribution in [2.75, 3.05) is 0 Å². The molecule has 3 rings (SSSR count). The van der Waals surface area contributed by atoms with Crippen molar-refractivity contribution in [3.8, 4) is 0 Å². The lowest BCUT2D eigenvalue weighted by molar-refractivity contribution is 0.772. The van der Waals surface area contributed by atoms with E-state index in [0.717, 1.165) is 11.3 Å². The molecule has 5 heteroatoms. The topological polar surface area (TPSA) is 58.6 Å². The van der Waals surface area contributed by atoms with Gasteiger partial charge in [-0.1, -0.05) is 71.9 Å². The van der Waals surface area contributed by atoms with Crippen molar-refractivity contribution in [3.63, 3.8) is 0 Å². The van der Waals surface area contributed by atoms with Crippen molar-refractivity contribution >= 4 is 11.8 Å². The van der Waals surface area contributed by atoms with E-state index in [9.17, 15) is 4.79 Å². The van der Waals surface area contributed by atoms with Crippen LogP contribution in [0.25, 0.3) is 0 Å². The molecule has 0 saturated heterocycles. The Kier molecular flexibility index (Phi) is 4.88. The van der Waals surface area contributed by atoms with Gasteiger partial charge in [-0.3, -0.25) is 9.78 Å². The molecular formula is C18H17N3OS. The highest BCUT2D eigenvalue weighted by molar-refractivity contribution is 7.98. The molecule has 3 aromatic rings. The maximum absolute atomic E-state index is 12.1. The third-order valence-electron chi connectivity index (χ3n) is 3.45. The van der Waals surface area contributed by atoms with Gasteiger partial charge in [0.05, 0.1) is 0 Å². The van der Waals surface area contributed by atoms with E-state index in [1.807, 2.05) is 30.3 Å². The van der Waals surface area contributed by atoms with Gasteiger partial charge in [0.1, 0.15) is 5.69 Å². The number of aryl methyl sites for hydroxylation is 1. The van der Waals surface area contributed by atoms with Gasteiger partial charge in [0, 0.05) is 12.2 Å². The smallest absolute Gasteiger partial charge is 0.273 e. The Labute approximate surface area is 139 Å². The van der Waals surface area contributed by atoms with Crippen LogP contribution in [0.4, 0.5) is 0 Å². The van der Waals surface area contributed by atoms with Crippen molar-refractivity contribution in [1.29, 1.82) is 0 Å². The number of rotatable bonds is 5. The van der Waals surface area contributed by atoms with Crippen molar-refractivity contribution in [3.05, 3.63) is 87.3 Å². The molecule has 0 amide bonds. The van der Waals surface area contributed by atoms with Crippen molar-refractivity contribution in [1.82, 2.24) is 15.2 Å². The van der Waals surface area contributed by atoms with Gasteiger partial charge in [0.25, 0.3) is 5.56 Å². The number of nitrogens with one attached hydrogen (secondary N) is 1. The molecule has 0 aliphatic rings. The summed E-state index contributed by atoms with van der Waals surface area (Å²) < 4.78 is 0. The average molecular weight is 323 g/mol. The lowest BCUT2D eigenvalue weighted by Crippen LogP contribution is -2.17. The van der Waals surface area contributed by atoms with E-state index in [1.54, 1.807) is 0 Å². The van der Waals surface area contributed by atoms with E-state index >= 15 is 0 Å². The van der Waals surface area contributed by atoms with Gasteiger partial charge in [-0.05, 0) is 18.1 Å². The zero-order chi connectivity index (χ0) is 16.1. The minimum atomic E-state index is -0.171. The Morgan fingerprint density at radius 3 is 2.39 bits per heavy atom. The fourth-order valence-electron chi connectivity index (χ4n) is 2.15. The standard InChI is InChI=1S/C18H17N3OS/c1-13-7-9-15(10-8-13)12-23-18-19-17(22)16(20-21-18)11-14-5-3-2-4-6-14/h2-10H,11-12H2,1H3,(H,19,21,22). The Morgan fingerprint density at radius 1 is 0.957 bits per heavy atom. The molecule has 0 unspecified atom stereocenters. The summed E-state index contributed by atoms with van der Waals surface area (Å²) in [5.74, 6) is 0.753. The first kappa shape index (κ1) is 15.5. The van der Waals surface area contributed by atoms with Crippen LogP contribution < -0.4 is 5.56 Å². The second-order valence-electron chi connectivity index (χ2n) is 5.34. The largest absolute Gasteiger partial charge is 0.298 e. The first-order valence-electron chi connectivity index (χ1n) is 7.39. The molecule has 0 aliphatic heterocycles. The van der Waals surface area contributed by atoms with Gasteiger partial charge < -0.3 is 0 Å². The molecule has 0 saturated carbocycles. The summed E-state index contributed by atoms with van der Waals surface area (Å²) in [4.78, 5) is 14.9. The molecule has 0 spiro atoms. The number of nitrogens with zero attached hydrogens (tertiary/aromatic N) is 2. The van der Waals surface area contributed by atoms with E-state index in [0.29, 0.717) is 17.3 Å². The number of hydrogen-bond donors (Lipinski definition) is 1. The van der Waals surface area contributed by atoms with Crippen LogP contribution in [-0.4, -0.2) is 15.2 Å². The average Bonchev–Trinajstić information content (AvgIpc) is 2.57. The maximum Gasteiger partial charge on any atom is 0.273 e. The fourth-order valence-corrected chi connectivity index (χ4v) is 2.91. The van der Waals surface area contributed by atoms with Gasteiger partial charge in [-0.25, -0.2) is 0 Å². The van der Waals surface area contributed by atoms with Crippen molar-refractivity contribution in [2.45, 2.75) is 24.3 Å². The third-order valence-corrected chi connectivity index (χ3v) is 4.39. The van der Waals surface area contributed by atoms with Crippen molar-refractivity contribution in [2.24, 2.45) is 0 Å². The molecule has 1 N–H and O–H groups in total. The summed E-state index contributed by atoms with van der Waals surface area (Å²) in [6.45, 7) is 2.06. The second-order valence-corrected chi connectivity index (χ2v) is 6.31. The molecule has 4 nitrogen and oxygen atoms in total. The van der Waals surface area contributed by atoms with Gasteiger partial charge >= 0.3 is 0 Å². The number of hydrogen-bond acceptors (Lipinski definition) is 4. The predicted molar refractivity (Wildman–Crippen MR) is 92.6 cm³/mol. The van der Waals surface area contributed by atoms with E-state index in [4.69, 9.17) is 0 Å². The van der Waals surface area contributed by atoms with Crippen LogP contribution in [0.2, 0.25) is 0 Å². The zero-order valence-corrected chi connectivity index (χ0v) is 13.6. The number of thioether (sulfide) groups is 1. The molecule has 1 heterocycles. The molecule has 2 aromatic carbocycles. The molecule has 0 atom stereocenters. The van der Waals surface area contributed by atoms with Crippen LogP contribution in [-0.2, 0) is 12.2 Å². The van der Waals surface area contributed by atoms with Crippen LogP contribution >= 0.6 is 11.8 Å². The Balaban J connectivity index is 1.67. The monoisotopic (exact) mass is 323 g/mol. The van der Waals surface area contributed by atoms with Gasteiger partial charge in [0.15, 0.2) is 5.16 Å². The third kappa shape index (κ3) is 4.29. The highest BCUT2D eigenvalue weighted by Crippen LogP contribution is 2.18. The van der Waals surface area contributed by atoms with Gasteiger partial charge in [0.2, 0.25) is 0 Å². The lowest BCUT2D eigenvalue weighted by atomic mass is 10.1. The summed E-state index contributed by atoms with van der Waals surface area (Å²) >= 11 is 1.48. The van der Waals surface area contributed by atoms with Crippen LogP contribution in [0.5, 0.6) is 0 Å². The highest BCUT2D eigenvalue weighted by Gasteiger charge is 2.06. The summed E-state index contributed by atoms with van der Waals surface area (Å²) in [6, 6.07) is 18.1. The predicted octanol–water partition coefficient (Wildman–Crippen LogP) is 3.36. The van der Waals surface area contributed by atoms with Gasteiger partial charge in [-0.15, -0.1) is 10.2 Å². The number of aromatic nitrogens is 3. The van der Waals surface area contributed by atoms with Crippen LogP contribution in [0.1, 0.15) is 22.4 Å².